The maximum atomic E-state index is 11.3. The Morgan fingerprint density at radius 3 is 2.56 bits per heavy atom. The van der Waals surface area contributed by atoms with Crippen molar-refractivity contribution in [3.8, 4) is 5.69 Å². The summed E-state index contributed by atoms with van der Waals surface area (Å²) in [5.74, 6) is -0.928. The number of rotatable bonds is 7. The summed E-state index contributed by atoms with van der Waals surface area (Å²) < 4.78 is 7.69. The number of carboxylic acid groups (broad SMARTS) is 1. The van der Waals surface area contributed by atoms with Gasteiger partial charge >= 0.3 is 5.97 Å². The molecule has 0 amide bonds. The van der Waals surface area contributed by atoms with E-state index in [1.165, 1.54) is 5.56 Å². The lowest BCUT2D eigenvalue weighted by Gasteiger charge is -2.32. The molecule has 2 saturated heterocycles. The molecule has 0 saturated carbocycles. The number of nitrogens with one attached hydrogen (secondary N) is 1. The number of carboxylic acids is 1. The van der Waals surface area contributed by atoms with Crippen molar-refractivity contribution in [2.75, 3.05) is 39.4 Å². The summed E-state index contributed by atoms with van der Waals surface area (Å²) in [7, 11) is 0. The highest BCUT2D eigenvalue weighted by atomic mass is 32.1. The van der Waals surface area contributed by atoms with Crippen LogP contribution in [0, 0.1) is 13.8 Å². The van der Waals surface area contributed by atoms with Crippen molar-refractivity contribution >= 4 is 23.3 Å². The fourth-order valence-electron chi connectivity index (χ4n) is 5.30. The van der Waals surface area contributed by atoms with Crippen LogP contribution in [0.5, 0.6) is 0 Å². The predicted octanol–water partition coefficient (Wildman–Crippen LogP) is 3.49. The smallest absolute Gasteiger partial charge is 0.335 e. The number of aryl methyl sites for hydroxylation is 1. The van der Waals surface area contributed by atoms with Crippen molar-refractivity contribution in [2.24, 2.45) is 0 Å². The Bertz CT molecular complexity index is 1240. The molecule has 2 aliphatic rings. The zero-order valence-corrected chi connectivity index (χ0v) is 21.4. The van der Waals surface area contributed by atoms with Crippen molar-refractivity contribution in [3.63, 3.8) is 0 Å². The minimum Gasteiger partial charge on any atom is -0.478 e. The Morgan fingerprint density at radius 1 is 1.14 bits per heavy atom. The van der Waals surface area contributed by atoms with Crippen LogP contribution in [0.1, 0.15) is 45.1 Å². The molecule has 5 rings (SSSR count). The molecule has 8 nitrogen and oxygen atoms in total. The van der Waals surface area contributed by atoms with Gasteiger partial charge in [0.25, 0.3) is 0 Å². The first kappa shape index (κ1) is 24.4. The lowest BCUT2D eigenvalue weighted by Crippen LogP contribution is -2.42. The number of morpholine rings is 1. The Kier molecular flexibility index (Phi) is 7.04. The van der Waals surface area contributed by atoms with Crippen LogP contribution in [-0.2, 0) is 4.74 Å². The fraction of sp³-hybridized carbons (Fsp3) is 0.370. The number of hydrogen-bond acceptors (Lipinski definition) is 5. The van der Waals surface area contributed by atoms with Gasteiger partial charge in [0, 0.05) is 49.5 Å². The first-order chi connectivity index (χ1) is 17.4. The summed E-state index contributed by atoms with van der Waals surface area (Å²) in [5.41, 5.74) is 5.52. The van der Waals surface area contributed by atoms with Crippen molar-refractivity contribution in [1.82, 2.24) is 24.7 Å². The molecule has 188 valence electrons. The zero-order valence-electron chi connectivity index (χ0n) is 20.6. The van der Waals surface area contributed by atoms with Crippen LogP contribution in [0.15, 0.2) is 54.7 Å². The van der Waals surface area contributed by atoms with Crippen LogP contribution in [0.25, 0.3) is 5.69 Å². The second-order valence-electron chi connectivity index (χ2n) is 9.29. The first-order valence-corrected chi connectivity index (χ1v) is 12.7. The van der Waals surface area contributed by atoms with Gasteiger partial charge in [-0.1, -0.05) is 6.07 Å². The van der Waals surface area contributed by atoms with E-state index in [1.54, 1.807) is 12.1 Å². The number of hydrogen-bond donors (Lipinski definition) is 2. The van der Waals surface area contributed by atoms with Crippen LogP contribution >= 0.6 is 12.2 Å². The molecule has 1 aromatic carbocycles. The van der Waals surface area contributed by atoms with Gasteiger partial charge in [-0.3, -0.25) is 9.88 Å². The topological polar surface area (TPSA) is 82.9 Å². The van der Waals surface area contributed by atoms with Gasteiger partial charge in [-0.05, 0) is 74.1 Å². The molecular weight excluding hydrogens is 474 g/mol. The highest BCUT2D eigenvalue weighted by Crippen LogP contribution is 2.41. The maximum Gasteiger partial charge on any atom is 0.335 e. The van der Waals surface area contributed by atoms with Crippen LogP contribution in [-0.4, -0.2) is 74.9 Å². The van der Waals surface area contributed by atoms with E-state index in [-0.39, 0.29) is 17.6 Å². The van der Waals surface area contributed by atoms with Gasteiger partial charge in [0.1, 0.15) is 0 Å². The second kappa shape index (κ2) is 10.4. The number of carbonyl (C=O) groups is 1. The van der Waals surface area contributed by atoms with Crippen LogP contribution in [0.2, 0.25) is 0 Å². The molecule has 0 radical (unpaired) electrons. The summed E-state index contributed by atoms with van der Waals surface area (Å²) >= 11 is 5.86. The third kappa shape index (κ3) is 4.74. The number of aromatic nitrogens is 2. The summed E-state index contributed by atoms with van der Waals surface area (Å²) in [5, 5.41) is 13.6. The average molecular weight is 506 g/mol. The molecule has 2 aliphatic heterocycles. The largest absolute Gasteiger partial charge is 0.478 e. The van der Waals surface area contributed by atoms with Gasteiger partial charge < -0.3 is 24.6 Å². The molecule has 2 aromatic heterocycles. The van der Waals surface area contributed by atoms with E-state index < -0.39 is 5.97 Å². The lowest BCUT2D eigenvalue weighted by molar-refractivity contribution is 0.0350. The molecule has 2 atom stereocenters. The standard InChI is InChI=1S/C27H31N5O3S/c1-18-17-22(19(2)32(18)21-8-6-20(7-9-21)26(33)34)25-24(23-5-3-4-10-28-23)29-27(36)31(25)12-11-30-13-15-35-16-14-30/h3-10,17,24-25H,11-16H2,1-2H3,(H,29,36)(H,33,34)/t24-,25-/m1/s1. The fourth-order valence-corrected chi connectivity index (χ4v) is 5.63. The highest BCUT2D eigenvalue weighted by Gasteiger charge is 2.41. The summed E-state index contributed by atoms with van der Waals surface area (Å²) in [6.07, 6.45) is 1.82. The van der Waals surface area contributed by atoms with E-state index in [0.717, 1.165) is 67.3 Å². The van der Waals surface area contributed by atoms with Crippen molar-refractivity contribution in [2.45, 2.75) is 25.9 Å². The molecule has 2 N–H and O–H groups in total. The predicted molar refractivity (Wildman–Crippen MR) is 142 cm³/mol. The Labute approximate surface area is 216 Å². The zero-order chi connectivity index (χ0) is 25.2. The summed E-state index contributed by atoms with van der Waals surface area (Å²) in [6.45, 7) is 9.31. The van der Waals surface area contributed by atoms with E-state index in [0.29, 0.717) is 0 Å². The Hall–Kier alpha value is -3.27. The lowest BCUT2D eigenvalue weighted by atomic mass is 9.96. The Morgan fingerprint density at radius 2 is 1.89 bits per heavy atom. The maximum absolute atomic E-state index is 11.3. The van der Waals surface area contributed by atoms with Crippen molar-refractivity contribution in [1.29, 1.82) is 0 Å². The van der Waals surface area contributed by atoms with Crippen LogP contribution < -0.4 is 5.32 Å². The summed E-state index contributed by atoms with van der Waals surface area (Å²) in [6, 6.07) is 15.1. The normalized spacial score (nSPS) is 20.5. The molecule has 0 unspecified atom stereocenters. The third-order valence-corrected chi connectivity index (χ3v) is 7.47. The summed E-state index contributed by atoms with van der Waals surface area (Å²) in [4.78, 5) is 20.7. The molecule has 4 heterocycles. The number of ether oxygens (including phenoxy) is 1. The third-order valence-electron chi connectivity index (χ3n) is 7.12. The SMILES string of the molecule is Cc1cc([C@@H]2[C@@H](c3ccccn3)NC(=S)N2CCN2CCOCC2)c(C)n1-c1ccc(C(=O)O)cc1. The van der Waals surface area contributed by atoms with E-state index in [4.69, 9.17) is 17.0 Å². The van der Waals surface area contributed by atoms with Crippen molar-refractivity contribution < 1.29 is 14.6 Å². The van der Waals surface area contributed by atoms with Gasteiger partial charge in [-0.25, -0.2) is 4.79 Å². The quantitative estimate of drug-likeness (QED) is 0.473. The first-order valence-electron chi connectivity index (χ1n) is 12.2. The number of benzene rings is 1. The number of nitrogens with zero attached hydrogens (tertiary/aromatic N) is 4. The van der Waals surface area contributed by atoms with Crippen LogP contribution in [0.4, 0.5) is 0 Å². The molecule has 9 heteroatoms. The van der Waals surface area contributed by atoms with Crippen LogP contribution in [0.3, 0.4) is 0 Å². The van der Waals surface area contributed by atoms with Gasteiger partial charge in [-0.15, -0.1) is 0 Å². The van der Waals surface area contributed by atoms with E-state index >= 15 is 0 Å². The molecule has 0 bridgehead atoms. The van der Waals surface area contributed by atoms with Crippen molar-refractivity contribution in [3.05, 3.63) is 82.9 Å². The molecule has 3 aromatic rings. The molecule has 36 heavy (non-hydrogen) atoms. The minimum absolute atomic E-state index is 0.0216. The molecule has 0 aliphatic carbocycles. The van der Waals surface area contributed by atoms with Gasteiger partial charge in [0.2, 0.25) is 0 Å². The minimum atomic E-state index is -0.928. The van der Waals surface area contributed by atoms with Gasteiger partial charge in [0.15, 0.2) is 5.11 Å². The van der Waals surface area contributed by atoms with Gasteiger partial charge in [0.05, 0.1) is 36.6 Å². The highest BCUT2D eigenvalue weighted by molar-refractivity contribution is 7.80. The van der Waals surface area contributed by atoms with Gasteiger partial charge in [-0.2, -0.15) is 0 Å². The monoisotopic (exact) mass is 505 g/mol. The van der Waals surface area contributed by atoms with E-state index in [2.05, 4.69) is 44.6 Å². The molecule has 0 spiro atoms. The second-order valence-corrected chi connectivity index (χ2v) is 9.67. The molecule has 2 fully saturated rings. The van der Waals surface area contributed by atoms with E-state index in [1.807, 2.05) is 36.5 Å². The van der Waals surface area contributed by atoms with E-state index in [9.17, 15) is 9.90 Å². The number of pyridine rings is 1. The molecular formula is C27H31N5O3S. The number of thiocarbonyl (C=S) groups is 1. The Balaban J connectivity index is 1.51. The number of aromatic carboxylic acids is 1. The average Bonchev–Trinajstić information content (AvgIpc) is 3.38.